The SMILES string of the molecule is COCOCC1CCCC(C(=O)OC)C1. The van der Waals surface area contributed by atoms with Crippen LogP contribution in [-0.2, 0) is 19.0 Å². The molecule has 1 aliphatic rings. The Balaban J connectivity index is 2.26. The van der Waals surface area contributed by atoms with Gasteiger partial charge in [-0.1, -0.05) is 6.42 Å². The van der Waals surface area contributed by atoms with E-state index >= 15 is 0 Å². The molecular formula is C11H20O4. The van der Waals surface area contributed by atoms with Crippen LogP contribution in [0.25, 0.3) is 0 Å². The Kier molecular flexibility index (Phi) is 5.65. The summed E-state index contributed by atoms with van der Waals surface area (Å²) in [5, 5.41) is 0. The van der Waals surface area contributed by atoms with E-state index in [4.69, 9.17) is 14.2 Å². The molecule has 1 aliphatic carbocycles. The number of esters is 1. The van der Waals surface area contributed by atoms with Crippen molar-refractivity contribution < 1.29 is 19.0 Å². The van der Waals surface area contributed by atoms with E-state index in [2.05, 4.69) is 0 Å². The number of methoxy groups -OCH3 is 2. The average molecular weight is 216 g/mol. The Morgan fingerprint density at radius 1 is 1.33 bits per heavy atom. The van der Waals surface area contributed by atoms with Gasteiger partial charge in [0.1, 0.15) is 6.79 Å². The highest BCUT2D eigenvalue weighted by atomic mass is 16.7. The van der Waals surface area contributed by atoms with Gasteiger partial charge in [-0.25, -0.2) is 0 Å². The minimum Gasteiger partial charge on any atom is -0.469 e. The second-order valence-electron chi connectivity index (χ2n) is 4.03. The lowest BCUT2D eigenvalue weighted by Gasteiger charge is -2.27. The van der Waals surface area contributed by atoms with Crippen molar-refractivity contribution in [1.29, 1.82) is 0 Å². The van der Waals surface area contributed by atoms with Gasteiger partial charge in [-0.3, -0.25) is 4.79 Å². The van der Waals surface area contributed by atoms with Crippen molar-refractivity contribution >= 4 is 5.97 Å². The van der Waals surface area contributed by atoms with E-state index in [1.165, 1.54) is 7.11 Å². The Bertz CT molecular complexity index is 193. The molecule has 4 nitrogen and oxygen atoms in total. The van der Waals surface area contributed by atoms with Crippen molar-refractivity contribution in [2.75, 3.05) is 27.6 Å². The fourth-order valence-electron chi connectivity index (χ4n) is 2.12. The molecule has 1 fully saturated rings. The molecule has 0 aromatic heterocycles. The molecule has 0 aliphatic heterocycles. The van der Waals surface area contributed by atoms with Crippen LogP contribution in [0, 0.1) is 11.8 Å². The van der Waals surface area contributed by atoms with E-state index in [1.54, 1.807) is 7.11 Å². The van der Waals surface area contributed by atoms with Crippen LogP contribution in [0.5, 0.6) is 0 Å². The molecule has 0 heterocycles. The second kappa shape index (κ2) is 6.80. The van der Waals surface area contributed by atoms with Gasteiger partial charge in [0.2, 0.25) is 0 Å². The molecule has 1 saturated carbocycles. The van der Waals surface area contributed by atoms with Crippen LogP contribution in [0.1, 0.15) is 25.7 Å². The molecule has 0 saturated heterocycles. The Labute approximate surface area is 90.9 Å². The maximum absolute atomic E-state index is 11.4. The lowest BCUT2D eigenvalue weighted by molar-refractivity contribution is -0.147. The summed E-state index contributed by atoms with van der Waals surface area (Å²) in [5.41, 5.74) is 0. The van der Waals surface area contributed by atoms with Gasteiger partial charge in [-0.05, 0) is 25.2 Å². The summed E-state index contributed by atoms with van der Waals surface area (Å²) in [6.07, 6.45) is 4.06. The van der Waals surface area contributed by atoms with Crippen LogP contribution in [-0.4, -0.2) is 33.6 Å². The minimum atomic E-state index is -0.0774. The molecule has 2 unspecified atom stereocenters. The largest absolute Gasteiger partial charge is 0.469 e. The topological polar surface area (TPSA) is 44.8 Å². The van der Waals surface area contributed by atoms with Crippen LogP contribution < -0.4 is 0 Å². The highest BCUT2D eigenvalue weighted by molar-refractivity contribution is 5.72. The summed E-state index contributed by atoms with van der Waals surface area (Å²) >= 11 is 0. The summed E-state index contributed by atoms with van der Waals surface area (Å²) in [6.45, 7) is 1.01. The summed E-state index contributed by atoms with van der Waals surface area (Å²) < 4.78 is 14.9. The maximum atomic E-state index is 11.4. The van der Waals surface area contributed by atoms with Gasteiger partial charge in [-0.15, -0.1) is 0 Å². The van der Waals surface area contributed by atoms with Gasteiger partial charge < -0.3 is 14.2 Å². The Morgan fingerprint density at radius 3 is 2.80 bits per heavy atom. The molecule has 0 aromatic rings. The first-order chi connectivity index (χ1) is 7.27. The summed E-state index contributed by atoms with van der Waals surface area (Å²) in [7, 11) is 3.06. The molecule has 1 rings (SSSR count). The Hall–Kier alpha value is -0.610. The van der Waals surface area contributed by atoms with Crippen LogP contribution in [0.3, 0.4) is 0 Å². The molecule has 0 spiro atoms. The van der Waals surface area contributed by atoms with Crippen LogP contribution in [0.2, 0.25) is 0 Å². The second-order valence-corrected chi connectivity index (χ2v) is 4.03. The molecule has 0 radical (unpaired) electrons. The summed E-state index contributed by atoms with van der Waals surface area (Å²) in [5.74, 6) is 0.462. The molecular weight excluding hydrogens is 196 g/mol. The third kappa shape index (κ3) is 4.18. The molecule has 88 valence electrons. The third-order valence-corrected chi connectivity index (χ3v) is 2.87. The molecule has 15 heavy (non-hydrogen) atoms. The van der Waals surface area contributed by atoms with Gasteiger partial charge in [0.05, 0.1) is 19.6 Å². The van der Waals surface area contributed by atoms with Crippen molar-refractivity contribution in [3.8, 4) is 0 Å². The lowest BCUT2D eigenvalue weighted by Crippen LogP contribution is -2.26. The fraction of sp³-hybridized carbons (Fsp3) is 0.909. The zero-order valence-electron chi connectivity index (χ0n) is 9.53. The van der Waals surface area contributed by atoms with Gasteiger partial charge in [0, 0.05) is 7.11 Å². The van der Waals surface area contributed by atoms with Crippen molar-refractivity contribution in [3.63, 3.8) is 0 Å². The highest BCUT2D eigenvalue weighted by Crippen LogP contribution is 2.29. The van der Waals surface area contributed by atoms with Crippen molar-refractivity contribution in [1.82, 2.24) is 0 Å². The van der Waals surface area contributed by atoms with Gasteiger partial charge in [0.25, 0.3) is 0 Å². The zero-order valence-corrected chi connectivity index (χ0v) is 9.53. The molecule has 0 aromatic carbocycles. The minimum absolute atomic E-state index is 0.0693. The third-order valence-electron chi connectivity index (χ3n) is 2.87. The smallest absolute Gasteiger partial charge is 0.308 e. The quantitative estimate of drug-likeness (QED) is 0.397. The van der Waals surface area contributed by atoms with Gasteiger partial charge in [-0.2, -0.15) is 0 Å². The van der Waals surface area contributed by atoms with Crippen LogP contribution in [0.15, 0.2) is 0 Å². The predicted molar refractivity (Wildman–Crippen MR) is 55.3 cm³/mol. The lowest BCUT2D eigenvalue weighted by atomic mass is 9.82. The van der Waals surface area contributed by atoms with Gasteiger partial charge >= 0.3 is 5.97 Å². The van der Waals surface area contributed by atoms with E-state index in [9.17, 15) is 4.79 Å². The standard InChI is InChI=1S/C11H20O4/c1-13-8-15-7-9-4-3-5-10(6-9)11(12)14-2/h9-10H,3-8H2,1-2H3. The van der Waals surface area contributed by atoms with E-state index in [0.29, 0.717) is 19.3 Å². The number of hydrogen-bond acceptors (Lipinski definition) is 4. The van der Waals surface area contributed by atoms with E-state index in [1.807, 2.05) is 0 Å². The summed E-state index contributed by atoms with van der Waals surface area (Å²) in [6, 6.07) is 0. The molecule has 0 amide bonds. The number of carbonyl (C=O) groups is 1. The van der Waals surface area contributed by atoms with Gasteiger partial charge in [0.15, 0.2) is 0 Å². The van der Waals surface area contributed by atoms with Crippen molar-refractivity contribution in [3.05, 3.63) is 0 Å². The molecule has 4 heteroatoms. The normalized spacial score (nSPS) is 26.3. The number of rotatable bonds is 5. The summed E-state index contributed by atoms with van der Waals surface area (Å²) in [4.78, 5) is 11.4. The Morgan fingerprint density at radius 2 is 2.13 bits per heavy atom. The first-order valence-electron chi connectivity index (χ1n) is 5.42. The van der Waals surface area contributed by atoms with E-state index < -0.39 is 0 Å². The highest BCUT2D eigenvalue weighted by Gasteiger charge is 2.27. The van der Waals surface area contributed by atoms with Crippen molar-refractivity contribution in [2.24, 2.45) is 11.8 Å². The zero-order chi connectivity index (χ0) is 11.1. The van der Waals surface area contributed by atoms with E-state index in [0.717, 1.165) is 25.7 Å². The predicted octanol–water partition coefficient (Wildman–Crippen LogP) is 1.59. The van der Waals surface area contributed by atoms with Crippen molar-refractivity contribution in [2.45, 2.75) is 25.7 Å². The molecule has 2 atom stereocenters. The maximum Gasteiger partial charge on any atom is 0.308 e. The number of ether oxygens (including phenoxy) is 3. The van der Waals surface area contributed by atoms with Crippen LogP contribution >= 0.6 is 0 Å². The van der Waals surface area contributed by atoms with E-state index in [-0.39, 0.29) is 11.9 Å². The molecule has 0 bridgehead atoms. The fourth-order valence-corrected chi connectivity index (χ4v) is 2.12. The monoisotopic (exact) mass is 216 g/mol. The average Bonchev–Trinajstić information content (AvgIpc) is 2.29. The molecule has 0 N–H and O–H groups in total. The number of carbonyl (C=O) groups excluding carboxylic acids is 1. The first kappa shape index (κ1) is 12.5. The van der Waals surface area contributed by atoms with Crippen LogP contribution in [0.4, 0.5) is 0 Å². The number of hydrogen-bond donors (Lipinski definition) is 0. The first-order valence-corrected chi connectivity index (χ1v) is 5.42.